The molecule has 0 atom stereocenters. The first-order valence-electron chi connectivity index (χ1n) is 10.9. The molecule has 2 saturated heterocycles. The van der Waals surface area contributed by atoms with E-state index in [2.05, 4.69) is 22.8 Å². The molecule has 0 aliphatic carbocycles. The Morgan fingerprint density at radius 1 is 1.09 bits per heavy atom. The highest BCUT2D eigenvalue weighted by Crippen LogP contribution is 2.42. The number of rotatable bonds is 7. The van der Waals surface area contributed by atoms with Crippen molar-refractivity contribution >= 4 is 6.09 Å². The number of carbonyl (C=O) groups excluding carboxylic acids is 1. The van der Waals surface area contributed by atoms with Crippen LogP contribution in [0.5, 0.6) is 5.75 Å². The van der Waals surface area contributed by atoms with Gasteiger partial charge in [-0.1, -0.05) is 31.4 Å². The molecule has 0 N–H and O–H groups in total. The molecule has 1 amide bonds. The van der Waals surface area contributed by atoms with Gasteiger partial charge in [0.1, 0.15) is 11.5 Å². The minimum Gasteiger partial charge on any atom is -0.457 e. The summed E-state index contributed by atoms with van der Waals surface area (Å²) in [5.41, 5.74) is 0.895. The molecule has 1 aromatic rings. The Labute approximate surface area is 199 Å². The maximum absolute atomic E-state index is 12.7. The lowest BCUT2D eigenvalue weighted by atomic mass is 9.72. The number of hydrogen-bond donors (Lipinski definition) is 0. The smallest absolute Gasteiger partial charge is 0.434 e. The minimum absolute atomic E-state index is 0.0401. The van der Waals surface area contributed by atoms with Crippen LogP contribution in [-0.4, -0.2) is 60.5 Å². The van der Waals surface area contributed by atoms with Gasteiger partial charge >= 0.3 is 18.4 Å². The van der Waals surface area contributed by atoms with Crippen LogP contribution in [0.15, 0.2) is 61.4 Å². The molecule has 0 aromatic heterocycles. The van der Waals surface area contributed by atoms with E-state index < -0.39 is 24.5 Å². The van der Waals surface area contributed by atoms with Crippen molar-refractivity contribution in [1.29, 1.82) is 0 Å². The molecule has 2 aliphatic heterocycles. The number of nitrogens with zero attached hydrogens (tertiary/aromatic N) is 2. The Morgan fingerprint density at radius 2 is 1.71 bits per heavy atom. The van der Waals surface area contributed by atoms with E-state index in [1.54, 1.807) is 18.2 Å². The molecule has 0 radical (unpaired) electrons. The molecule has 3 rings (SSSR count). The molecule has 1 spiro atoms. The summed E-state index contributed by atoms with van der Waals surface area (Å²) in [6, 6.07) is 7.55. The van der Waals surface area contributed by atoms with Gasteiger partial charge in [-0.15, -0.1) is 0 Å². The molecule has 2 aliphatic rings. The van der Waals surface area contributed by atoms with Crippen LogP contribution >= 0.6 is 0 Å². The van der Waals surface area contributed by atoms with Crippen molar-refractivity contribution in [2.45, 2.75) is 37.8 Å². The summed E-state index contributed by atoms with van der Waals surface area (Å²) < 4.78 is 85.5. The van der Waals surface area contributed by atoms with E-state index in [1.807, 2.05) is 24.3 Å². The van der Waals surface area contributed by atoms with Gasteiger partial charge in [0.2, 0.25) is 0 Å². The number of carbonyl (C=O) groups is 1. The topological polar surface area (TPSA) is 42.0 Å². The zero-order chi connectivity index (χ0) is 25.9. The quantitative estimate of drug-likeness (QED) is 0.266. The lowest BCUT2D eigenvalue weighted by molar-refractivity contribution is -0.308. The molecule has 0 unspecified atom stereocenters. The number of alkyl halides is 6. The Balaban J connectivity index is 1.49. The lowest BCUT2D eigenvalue weighted by Gasteiger charge is -2.54. The Morgan fingerprint density at radius 3 is 2.26 bits per heavy atom. The van der Waals surface area contributed by atoms with Crippen LogP contribution in [-0.2, 0) is 11.3 Å². The average molecular weight is 504 g/mol. The summed E-state index contributed by atoms with van der Waals surface area (Å²) in [5, 5.41) is 0. The van der Waals surface area contributed by atoms with Crippen LogP contribution in [0.1, 0.15) is 18.4 Å². The second-order valence-corrected chi connectivity index (χ2v) is 8.74. The van der Waals surface area contributed by atoms with E-state index in [1.165, 1.54) is 0 Å². The highest BCUT2D eigenvalue weighted by atomic mass is 19.4. The third-order valence-corrected chi connectivity index (χ3v) is 6.04. The third-order valence-electron chi connectivity index (χ3n) is 6.04. The first-order chi connectivity index (χ1) is 16.3. The van der Waals surface area contributed by atoms with E-state index >= 15 is 0 Å². The van der Waals surface area contributed by atoms with E-state index in [4.69, 9.17) is 4.74 Å². The molecular formula is C24H26F6N2O3. The van der Waals surface area contributed by atoms with Gasteiger partial charge in [0.15, 0.2) is 0 Å². The fourth-order valence-electron chi connectivity index (χ4n) is 4.35. The Hall–Kier alpha value is -2.95. The zero-order valence-electron chi connectivity index (χ0n) is 18.9. The largest absolute Gasteiger partial charge is 0.457 e. The van der Waals surface area contributed by atoms with Crippen LogP contribution in [0.25, 0.3) is 0 Å². The SMILES string of the molecule is C=C/C=C(\C=C)Oc1cccc(CN2CC3(CCN(C(=O)OC(C(F)(F)F)C(F)(F)F)CC3)C2)c1. The van der Waals surface area contributed by atoms with Gasteiger partial charge in [0.25, 0.3) is 6.10 Å². The van der Waals surface area contributed by atoms with Crippen molar-refractivity contribution in [2.24, 2.45) is 5.41 Å². The van der Waals surface area contributed by atoms with Crippen molar-refractivity contribution in [3.63, 3.8) is 0 Å². The molecule has 192 valence electrons. The first-order valence-corrected chi connectivity index (χ1v) is 10.9. The number of halogens is 6. The van der Waals surface area contributed by atoms with Gasteiger partial charge in [0, 0.05) is 32.7 Å². The molecular weight excluding hydrogens is 478 g/mol. The summed E-state index contributed by atoms with van der Waals surface area (Å²) in [6.45, 7) is 9.46. The van der Waals surface area contributed by atoms with E-state index in [-0.39, 0.29) is 18.5 Å². The van der Waals surface area contributed by atoms with Crippen molar-refractivity contribution in [1.82, 2.24) is 9.80 Å². The van der Waals surface area contributed by atoms with Gasteiger partial charge in [0.05, 0.1) is 0 Å². The summed E-state index contributed by atoms with van der Waals surface area (Å²) >= 11 is 0. The highest BCUT2D eigenvalue weighted by molar-refractivity contribution is 5.68. The molecule has 0 bridgehead atoms. The first kappa shape index (κ1) is 26.7. The molecule has 1 aromatic carbocycles. The summed E-state index contributed by atoms with van der Waals surface area (Å²) in [6.07, 6.45) is -11.4. The lowest BCUT2D eigenvalue weighted by Crippen LogP contribution is -2.60. The maximum atomic E-state index is 12.7. The predicted octanol–water partition coefficient (Wildman–Crippen LogP) is 5.85. The summed E-state index contributed by atoms with van der Waals surface area (Å²) in [7, 11) is 0. The fraction of sp³-hybridized carbons (Fsp3) is 0.458. The molecule has 11 heteroatoms. The van der Waals surface area contributed by atoms with Crippen LogP contribution in [0.2, 0.25) is 0 Å². The van der Waals surface area contributed by atoms with Gasteiger partial charge < -0.3 is 14.4 Å². The normalized spacial score (nSPS) is 18.8. The number of benzene rings is 1. The van der Waals surface area contributed by atoms with Crippen molar-refractivity contribution in [2.75, 3.05) is 26.2 Å². The van der Waals surface area contributed by atoms with E-state index in [0.717, 1.165) is 10.5 Å². The van der Waals surface area contributed by atoms with Crippen LogP contribution < -0.4 is 4.74 Å². The highest BCUT2D eigenvalue weighted by Gasteiger charge is 2.60. The van der Waals surface area contributed by atoms with Crippen molar-refractivity contribution in [3.8, 4) is 5.75 Å². The number of amides is 1. The maximum Gasteiger partial charge on any atom is 0.434 e. The number of hydrogen-bond acceptors (Lipinski definition) is 4. The van der Waals surface area contributed by atoms with Crippen LogP contribution in [0.3, 0.4) is 0 Å². The Bertz CT molecular complexity index is 943. The van der Waals surface area contributed by atoms with E-state index in [0.29, 0.717) is 44.0 Å². The number of likely N-dealkylation sites (tertiary alicyclic amines) is 2. The standard InChI is InChI=1S/C24H26F6N2O3/c1-3-6-18(4-2)34-19-8-5-7-17(13-19)14-31-15-22(16-31)9-11-32(12-10-22)21(33)35-20(23(25,26)27)24(28,29)30/h3-8,13,20H,1-2,9-12,14-16H2/b18-6+. The molecule has 0 saturated carbocycles. The van der Waals surface area contributed by atoms with Crippen LogP contribution in [0.4, 0.5) is 31.1 Å². The second kappa shape index (κ2) is 10.3. The van der Waals surface area contributed by atoms with Gasteiger partial charge in [-0.25, -0.2) is 4.79 Å². The second-order valence-electron chi connectivity index (χ2n) is 8.74. The third kappa shape index (κ3) is 6.81. The summed E-state index contributed by atoms with van der Waals surface area (Å²) in [4.78, 5) is 15.1. The van der Waals surface area contributed by atoms with Crippen molar-refractivity contribution in [3.05, 3.63) is 67.0 Å². The zero-order valence-corrected chi connectivity index (χ0v) is 18.9. The average Bonchev–Trinajstić information content (AvgIpc) is 2.75. The van der Waals surface area contributed by atoms with Gasteiger partial charge in [-0.3, -0.25) is 4.90 Å². The van der Waals surface area contributed by atoms with Crippen LogP contribution in [0, 0.1) is 5.41 Å². The molecule has 35 heavy (non-hydrogen) atoms. The van der Waals surface area contributed by atoms with E-state index in [9.17, 15) is 31.1 Å². The van der Waals surface area contributed by atoms with Gasteiger partial charge in [-0.05, 0) is 48.1 Å². The number of ether oxygens (including phenoxy) is 2. The predicted molar refractivity (Wildman–Crippen MR) is 116 cm³/mol. The fourth-order valence-corrected chi connectivity index (χ4v) is 4.35. The molecule has 2 fully saturated rings. The van der Waals surface area contributed by atoms with Crippen molar-refractivity contribution < 1.29 is 40.6 Å². The Kier molecular flexibility index (Phi) is 7.88. The monoisotopic (exact) mass is 504 g/mol. The molecule has 2 heterocycles. The van der Waals surface area contributed by atoms with Gasteiger partial charge in [-0.2, -0.15) is 26.3 Å². The number of allylic oxidation sites excluding steroid dienone is 3. The minimum atomic E-state index is -5.73. The molecule has 5 nitrogen and oxygen atoms in total. The number of piperidine rings is 1. The summed E-state index contributed by atoms with van der Waals surface area (Å²) in [5.74, 6) is 1.20.